The number of unbranched alkanes of at least 4 members (excludes halogenated alkanes) is 9. The molecule has 2 N–H and O–H groups in total. The summed E-state index contributed by atoms with van der Waals surface area (Å²) in [6.07, 6.45) is 13.7. The number of rotatable bonds is 14. The van der Waals surface area contributed by atoms with Crippen molar-refractivity contribution in [1.29, 1.82) is 0 Å². The van der Waals surface area contributed by atoms with Crippen LogP contribution in [0.15, 0.2) is 12.1 Å². The standard InChI is InChI=1S/C22H36O3/c1-3-5-7-9-11-12-14-18-16-22(25)19(17-21(18)24)20(23)15-13-10-8-6-4-2/h16-17,24-25H,3-15H2,1-2H3. The van der Waals surface area contributed by atoms with Crippen LogP contribution in [0.1, 0.15) is 107 Å². The van der Waals surface area contributed by atoms with Crippen LogP contribution < -0.4 is 0 Å². The Kier molecular flexibility index (Phi) is 11.0. The van der Waals surface area contributed by atoms with E-state index in [1.54, 1.807) is 6.07 Å². The molecule has 0 atom stereocenters. The molecular weight excluding hydrogens is 312 g/mol. The Hall–Kier alpha value is -1.51. The van der Waals surface area contributed by atoms with Crippen LogP contribution in [0.2, 0.25) is 0 Å². The third kappa shape index (κ3) is 8.42. The van der Waals surface area contributed by atoms with E-state index in [2.05, 4.69) is 13.8 Å². The highest BCUT2D eigenvalue weighted by atomic mass is 16.3. The molecule has 0 saturated heterocycles. The third-order valence-electron chi connectivity index (χ3n) is 4.80. The zero-order valence-electron chi connectivity index (χ0n) is 16.1. The summed E-state index contributed by atoms with van der Waals surface area (Å²) in [5.74, 6) is 0.0773. The molecule has 0 bridgehead atoms. The quantitative estimate of drug-likeness (QED) is 0.228. The summed E-state index contributed by atoms with van der Waals surface area (Å²) in [4.78, 5) is 12.3. The van der Waals surface area contributed by atoms with Crippen molar-refractivity contribution in [3.8, 4) is 11.5 Å². The number of Topliss-reactive ketones (excluding diaryl/α,β-unsaturated/α-hetero) is 1. The highest BCUT2D eigenvalue weighted by Gasteiger charge is 2.15. The van der Waals surface area contributed by atoms with Crippen molar-refractivity contribution < 1.29 is 15.0 Å². The smallest absolute Gasteiger partial charge is 0.166 e. The van der Waals surface area contributed by atoms with Crippen molar-refractivity contribution >= 4 is 5.78 Å². The van der Waals surface area contributed by atoms with Crippen LogP contribution in [0.4, 0.5) is 0 Å². The van der Waals surface area contributed by atoms with Crippen LogP contribution in [-0.2, 0) is 6.42 Å². The molecule has 1 aromatic carbocycles. The number of carbonyl (C=O) groups excluding carboxylic acids is 1. The highest BCUT2D eigenvalue weighted by molar-refractivity contribution is 5.99. The Morgan fingerprint density at radius 1 is 0.760 bits per heavy atom. The lowest BCUT2D eigenvalue weighted by Gasteiger charge is -2.10. The summed E-state index contributed by atoms with van der Waals surface area (Å²) < 4.78 is 0. The number of hydrogen-bond donors (Lipinski definition) is 2. The zero-order chi connectivity index (χ0) is 18.5. The number of benzene rings is 1. The third-order valence-corrected chi connectivity index (χ3v) is 4.80. The van der Waals surface area contributed by atoms with Gasteiger partial charge >= 0.3 is 0 Å². The molecule has 3 heteroatoms. The van der Waals surface area contributed by atoms with Gasteiger partial charge in [-0.2, -0.15) is 0 Å². The fourth-order valence-electron chi connectivity index (χ4n) is 3.16. The number of phenols is 2. The molecule has 0 saturated carbocycles. The van der Waals surface area contributed by atoms with Crippen molar-refractivity contribution in [1.82, 2.24) is 0 Å². The van der Waals surface area contributed by atoms with Crippen molar-refractivity contribution in [2.24, 2.45) is 0 Å². The maximum Gasteiger partial charge on any atom is 0.166 e. The fraction of sp³-hybridized carbons (Fsp3) is 0.682. The summed E-state index contributed by atoms with van der Waals surface area (Å²) in [5.41, 5.74) is 1.01. The molecule has 0 aromatic heterocycles. The second kappa shape index (κ2) is 12.8. The SMILES string of the molecule is CCCCCCCCc1cc(O)c(C(=O)CCCCCCC)cc1O. The van der Waals surface area contributed by atoms with Crippen LogP contribution in [-0.4, -0.2) is 16.0 Å². The first-order valence-electron chi connectivity index (χ1n) is 10.2. The molecule has 0 amide bonds. The van der Waals surface area contributed by atoms with Crippen molar-refractivity contribution in [2.45, 2.75) is 97.3 Å². The molecular formula is C22H36O3. The van der Waals surface area contributed by atoms with Crippen molar-refractivity contribution in [3.63, 3.8) is 0 Å². The Morgan fingerprint density at radius 2 is 1.32 bits per heavy atom. The monoisotopic (exact) mass is 348 g/mol. The van der Waals surface area contributed by atoms with E-state index in [1.807, 2.05) is 0 Å². The van der Waals surface area contributed by atoms with E-state index in [0.29, 0.717) is 6.42 Å². The Labute approximate surface area is 153 Å². The molecule has 0 heterocycles. The number of aryl methyl sites for hydroxylation is 1. The minimum atomic E-state index is -0.0737. The molecule has 1 rings (SSSR count). The number of hydrogen-bond acceptors (Lipinski definition) is 3. The summed E-state index contributed by atoms with van der Waals surface area (Å²) in [5, 5.41) is 20.4. The molecule has 0 fully saturated rings. The number of ketones is 1. The van der Waals surface area contributed by atoms with Gasteiger partial charge in [0.25, 0.3) is 0 Å². The van der Waals surface area contributed by atoms with E-state index in [0.717, 1.165) is 44.1 Å². The average molecular weight is 349 g/mol. The van der Waals surface area contributed by atoms with Gasteiger partial charge in [0.15, 0.2) is 5.78 Å². The van der Waals surface area contributed by atoms with Gasteiger partial charge in [-0.25, -0.2) is 0 Å². The number of aromatic hydroxyl groups is 2. The van der Waals surface area contributed by atoms with E-state index in [-0.39, 0.29) is 22.8 Å². The first kappa shape index (κ1) is 21.5. The lowest BCUT2D eigenvalue weighted by atomic mass is 9.98. The molecule has 3 nitrogen and oxygen atoms in total. The molecule has 0 aliphatic heterocycles. The molecule has 0 unspecified atom stereocenters. The van der Waals surface area contributed by atoms with Gasteiger partial charge in [-0.1, -0.05) is 71.6 Å². The summed E-state index contributed by atoms with van der Waals surface area (Å²) in [7, 11) is 0. The maximum absolute atomic E-state index is 12.3. The lowest BCUT2D eigenvalue weighted by molar-refractivity contribution is 0.0976. The number of phenolic OH excluding ortho intramolecular Hbond substituents is 2. The second-order valence-corrected chi connectivity index (χ2v) is 7.10. The molecule has 0 aliphatic rings. The van der Waals surface area contributed by atoms with Crippen molar-refractivity contribution in [2.75, 3.05) is 0 Å². The van der Waals surface area contributed by atoms with Gasteiger partial charge in [0, 0.05) is 6.42 Å². The zero-order valence-corrected chi connectivity index (χ0v) is 16.1. The van der Waals surface area contributed by atoms with Crippen LogP contribution in [0.5, 0.6) is 11.5 Å². The predicted molar refractivity (Wildman–Crippen MR) is 105 cm³/mol. The largest absolute Gasteiger partial charge is 0.508 e. The van der Waals surface area contributed by atoms with Gasteiger partial charge in [0.05, 0.1) is 5.56 Å². The van der Waals surface area contributed by atoms with Crippen molar-refractivity contribution in [3.05, 3.63) is 23.3 Å². The first-order chi connectivity index (χ1) is 12.1. The van der Waals surface area contributed by atoms with E-state index in [9.17, 15) is 15.0 Å². The summed E-state index contributed by atoms with van der Waals surface area (Å²) >= 11 is 0. The van der Waals surface area contributed by atoms with Gasteiger partial charge in [0.2, 0.25) is 0 Å². The Balaban J connectivity index is 2.47. The van der Waals surface area contributed by atoms with E-state index in [1.165, 1.54) is 44.6 Å². The highest BCUT2D eigenvalue weighted by Crippen LogP contribution is 2.30. The van der Waals surface area contributed by atoms with Crippen LogP contribution in [0.25, 0.3) is 0 Å². The molecule has 0 aliphatic carbocycles. The predicted octanol–water partition coefficient (Wildman–Crippen LogP) is 6.54. The molecule has 142 valence electrons. The van der Waals surface area contributed by atoms with E-state index < -0.39 is 0 Å². The van der Waals surface area contributed by atoms with Gasteiger partial charge in [0.1, 0.15) is 11.5 Å². The maximum atomic E-state index is 12.3. The van der Waals surface area contributed by atoms with Crippen LogP contribution in [0.3, 0.4) is 0 Å². The first-order valence-corrected chi connectivity index (χ1v) is 10.2. The van der Waals surface area contributed by atoms with E-state index in [4.69, 9.17) is 0 Å². The van der Waals surface area contributed by atoms with E-state index >= 15 is 0 Å². The average Bonchev–Trinajstić information content (AvgIpc) is 2.60. The number of carbonyl (C=O) groups is 1. The summed E-state index contributed by atoms with van der Waals surface area (Å²) in [6, 6.07) is 3.03. The molecule has 0 spiro atoms. The molecule has 25 heavy (non-hydrogen) atoms. The minimum Gasteiger partial charge on any atom is -0.508 e. The van der Waals surface area contributed by atoms with Crippen LogP contribution in [0, 0.1) is 0 Å². The Bertz CT molecular complexity index is 508. The Morgan fingerprint density at radius 3 is 1.96 bits per heavy atom. The summed E-state index contributed by atoms with van der Waals surface area (Å²) in [6.45, 7) is 4.37. The molecule has 1 aromatic rings. The van der Waals surface area contributed by atoms with Gasteiger partial charge in [-0.15, -0.1) is 0 Å². The normalized spacial score (nSPS) is 11.0. The van der Waals surface area contributed by atoms with Crippen LogP contribution >= 0.6 is 0 Å². The second-order valence-electron chi connectivity index (χ2n) is 7.10. The topological polar surface area (TPSA) is 57.5 Å². The van der Waals surface area contributed by atoms with Gasteiger partial charge in [-0.3, -0.25) is 4.79 Å². The lowest BCUT2D eigenvalue weighted by Crippen LogP contribution is -2.01. The van der Waals surface area contributed by atoms with Gasteiger partial charge in [-0.05, 0) is 37.0 Å². The van der Waals surface area contributed by atoms with Gasteiger partial charge < -0.3 is 10.2 Å². The fourth-order valence-corrected chi connectivity index (χ4v) is 3.16. The molecule has 0 radical (unpaired) electrons. The minimum absolute atomic E-state index is 0.0114.